The number of anilines is 1. The number of aromatic nitrogens is 5. The summed E-state index contributed by atoms with van der Waals surface area (Å²) in [5, 5.41) is 12.3. The van der Waals surface area contributed by atoms with E-state index in [4.69, 9.17) is 14.9 Å². The number of pyridine rings is 1. The Morgan fingerprint density at radius 2 is 1.76 bits per heavy atom. The van der Waals surface area contributed by atoms with Crippen molar-refractivity contribution in [1.29, 1.82) is 0 Å². The van der Waals surface area contributed by atoms with Gasteiger partial charge in [-0.2, -0.15) is 5.10 Å². The van der Waals surface area contributed by atoms with E-state index < -0.39 is 17.2 Å². The highest BCUT2D eigenvalue weighted by Crippen LogP contribution is 2.32. The van der Waals surface area contributed by atoms with E-state index >= 15 is 0 Å². The fourth-order valence-electron chi connectivity index (χ4n) is 4.23. The van der Waals surface area contributed by atoms with Crippen LogP contribution in [0.25, 0.3) is 34.0 Å². The van der Waals surface area contributed by atoms with Crippen molar-refractivity contribution in [2.24, 2.45) is 0 Å². The van der Waals surface area contributed by atoms with E-state index in [-0.39, 0.29) is 35.3 Å². The summed E-state index contributed by atoms with van der Waals surface area (Å²) in [6.45, 7) is 6.70. The highest BCUT2D eigenvalue weighted by Gasteiger charge is 2.28. The molecule has 0 spiro atoms. The first kappa shape index (κ1) is 25.3. The van der Waals surface area contributed by atoms with Crippen molar-refractivity contribution in [2.45, 2.75) is 45.3 Å². The van der Waals surface area contributed by atoms with Crippen LogP contribution in [0.15, 0.2) is 47.3 Å². The van der Waals surface area contributed by atoms with Crippen LogP contribution in [-0.2, 0) is 4.74 Å². The second-order valence-electron chi connectivity index (χ2n) is 10.1. The number of nitrogens with zero attached hydrogens (tertiary/aromatic N) is 6. The number of hydrogen-bond acceptors (Lipinski definition) is 8. The summed E-state index contributed by atoms with van der Waals surface area (Å²) in [4.78, 5) is 18.3. The monoisotopic (exact) mass is 523 g/mol. The molecule has 0 radical (unpaired) electrons. The number of likely N-dealkylation sites (tertiary alicyclic amines) is 1. The van der Waals surface area contributed by atoms with Gasteiger partial charge in [0, 0.05) is 36.6 Å². The summed E-state index contributed by atoms with van der Waals surface area (Å²) in [6, 6.07) is 4.84. The smallest absolute Gasteiger partial charge is 0.410 e. The second-order valence-corrected chi connectivity index (χ2v) is 10.1. The summed E-state index contributed by atoms with van der Waals surface area (Å²) in [5.74, 6) is -1.32. The molecular formula is C26H27F2N7O3. The maximum absolute atomic E-state index is 14.1. The highest BCUT2D eigenvalue weighted by atomic mass is 19.1. The third kappa shape index (κ3) is 5.34. The molecule has 1 fully saturated rings. The summed E-state index contributed by atoms with van der Waals surface area (Å²) in [6.07, 6.45) is 6.42. The second kappa shape index (κ2) is 9.84. The van der Waals surface area contributed by atoms with Crippen LogP contribution in [0, 0.1) is 11.6 Å². The molecule has 1 saturated heterocycles. The average Bonchev–Trinajstić information content (AvgIpc) is 3.56. The first-order chi connectivity index (χ1) is 18.1. The lowest BCUT2D eigenvalue weighted by molar-refractivity contribution is 0.0185. The van der Waals surface area contributed by atoms with Crippen molar-refractivity contribution in [1.82, 2.24) is 29.9 Å². The standard InChI is InChI=1S/C26H27F2N7O3/c1-26(2,3)38-25(36)34-8-6-18(7-9-34)35-14-16(13-31-35)15-10-20(22(29)30-12-15)24-33-32-23(37-24)19-11-17(27)4-5-21(19)28/h4-5,10-14,18H,6-9H2,1-3H3,(H2,29,30). The quantitative estimate of drug-likeness (QED) is 0.392. The maximum Gasteiger partial charge on any atom is 0.410 e. The van der Waals surface area contributed by atoms with Gasteiger partial charge in [-0.25, -0.2) is 18.6 Å². The Kier molecular flexibility index (Phi) is 6.55. The third-order valence-electron chi connectivity index (χ3n) is 6.16. The Labute approximate surface area is 217 Å². The molecule has 2 N–H and O–H groups in total. The van der Waals surface area contributed by atoms with Crippen molar-refractivity contribution >= 4 is 11.9 Å². The number of amides is 1. The number of benzene rings is 1. The average molecular weight is 524 g/mol. The number of nitrogen functional groups attached to an aromatic ring is 1. The predicted molar refractivity (Wildman–Crippen MR) is 135 cm³/mol. The van der Waals surface area contributed by atoms with E-state index in [9.17, 15) is 13.6 Å². The van der Waals surface area contributed by atoms with Crippen molar-refractivity contribution in [3.05, 3.63) is 54.5 Å². The van der Waals surface area contributed by atoms with Crippen molar-refractivity contribution in [2.75, 3.05) is 18.8 Å². The number of ether oxygens (including phenoxy) is 1. The Morgan fingerprint density at radius 3 is 2.47 bits per heavy atom. The lowest BCUT2D eigenvalue weighted by Crippen LogP contribution is -2.42. The van der Waals surface area contributed by atoms with Gasteiger partial charge in [-0.3, -0.25) is 4.68 Å². The first-order valence-electron chi connectivity index (χ1n) is 12.1. The van der Waals surface area contributed by atoms with Gasteiger partial charge < -0.3 is 19.8 Å². The number of nitrogens with two attached hydrogens (primary N) is 1. The SMILES string of the molecule is CC(C)(C)OC(=O)N1CCC(n2cc(-c3cnc(N)c(-c4nnc(-c5cc(F)ccc5F)o4)c3)cn2)CC1. The molecule has 0 aliphatic carbocycles. The van der Waals surface area contributed by atoms with Gasteiger partial charge in [0.2, 0.25) is 0 Å². The van der Waals surface area contributed by atoms with Crippen LogP contribution in [0.5, 0.6) is 0 Å². The van der Waals surface area contributed by atoms with Gasteiger partial charge in [0.15, 0.2) is 0 Å². The molecule has 198 valence electrons. The lowest BCUT2D eigenvalue weighted by atomic mass is 10.1. The third-order valence-corrected chi connectivity index (χ3v) is 6.16. The molecule has 4 heterocycles. The zero-order chi connectivity index (χ0) is 27.0. The van der Waals surface area contributed by atoms with Crippen LogP contribution < -0.4 is 5.73 Å². The molecule has 0 bridgehead atoms. The molecule has 0 unspecified atom stereocenters. The fraction of sp³-hybridized carbons (Fsp3) is 0.346. The Balaban J connectivity index is 1.32. The van der Waals surface area contributed by atoms with Crippen LogP contribution in [0.4, 0.5) is 19.4 Å². The summed E-state index contributed by atoms with van der Waals surface area (Å²) >= 11 is 0. The van der Waals surface area contributed by atoms with Gasteiger partial charge in [0.05, 0.1) is 23.4 Å². The molecule has 5 rings (SSSR count). The molecule has 12 heteroatoms. The van der Waals surface area contributed by atoms with E-state index in [1.54, 1.807) is 23.4 Å². The highest BCUT2D eigenvalue weighted by molar-refractivity contribution is 5.75. The van der Waals surface area contributed by atoms with Crippen LogP contribution in [0.2, 0.25) is 0 Å². The zero-order valence-electron chi connectivity index (χ0n) is 21.2. The Hall–Kier alpha value is -4.35. The van der Waals surface area contributed by atoms with Crippen molar-refractivity contribution < 1.29 is 22.7 Å². The zero-order valence-corrected chi connectivity index (χ0v) is 21.2. The van der Waals surface area contributed by atoms with Gasteiger partial charge in [0.25, 0.3) is 11.8 Å². The molecule has 38 heavy (non-hydrogen) atoms. The minimum absolute atomic E-state index is 0.0254. The first-order valence-corrected chi connectivity index (χ1v) is 12.1. The van der Waals surface area contributed by atoms with E-state index in [0.29, 0.717) is 24.2 Å². The molecule has 1 aliphatic rings. The molecule has 4 aromatic rings. The number of carbonyl (C=O) groups excluding carboxylic acids is 1. The fourth-order valence-corrected chi connectivity index (χ4v) is 4.23. The summed E-state index contributed by atoms with van der Waals surface area (Å²) in [5.41, 5.74) is 7.25. The van der Waals surface area contributed by atoms with Crippen LogP contribution in [0.3, 0.4) is 0 Å². The molecule has 0 atom stereocenters. The van der Waals surface area contributed by atoms with Gasteiger partial charge in [-0.1, -0.05) is 0 Å². The Bertz CT molecular complexity index is 1470. The molecule has 3 aromatic heterocycles. The maximum atomic E-state index is 14.1. The minimum Gasteiger partial charge on any atom is -0.444 e. The number of halogens is 2. The summed E-state index contributed by atoms with van der Waals surface area (Å²) < 4.78 is 40.7. The largest absolute Gasteiger partial charge is 0.444 e. The topological polar surface area (TPSA) is 125 Å². The lowest BCUT2D eigenvalue weighted by Gasteiger charge is -2.33. The van der Waals surface area contributed by atoms with E-state index in [2.05, 4.69) is 20.3 Å². The van der Waals surface area contributed by atoms with Crippen LogP contribution >= 0.6 is 0 Å². The number of rotatable bonds is 4. The van der Waals surface area contributed by atoms with Crippen LogP contribution in [-0.4, -0.2) is 54.6 Å². The van der Waals surface area contributed by atoms with E-state index in [1.165, 1.54) is 0 Å². The molecule has 1 aliphatic heterocycles. The van der Waals surface area contributed by atoms with E-state index in [1.807, 2.05) is 31.6 Å². The molecule has 1 aromatic carbocycles. The van der Waals surface area contributed by atoms with Gasteiger partial charge in [-0.05, 0) is 57.9 Å². The Morgan fingerprint density at radius 1 is 1.05 bits per heavy atom. The van der Waals surface area contributed by atoms with Crippen molar-refractivity contribution in [3.63, 3.8) is 0 Å². The molecule has 1 amide bonds. The van der Waals surface area contributed by atoms with Gasteiger partial charge in [0.1, 0.15) is 23.1 Å². The minimum atomic E-state index is -0.689. The molecular weight excluding hydrogens is 496 g/mol. The van der Waals surface area contributed by atoms with E-state index in [0.717, 1.165) is 36.6 Å². The molecule has 10 nitrogen and oxygen atoms in total. The number of hydrogen-bond donors (Lipinski definition) is 1. The molecule has 0 saturated carbocycles. The van der Waals surface area contributed by atoms with Gasteiger partial charge >= 0.3 is 6.09 Å². The number of carbonyl (C=O) groups is 1. The predicted octanol–water partition coefficient (Wildman–Crippen LogP) is 5.09. The van der Waals surface area contributed by atoms with Crippen LogP contribution in [0.1, 0.15) is 39.7 Å². The normalized spacial score (nSPS) is 14.6. The van der Waals surface area contributed by atoms with Gasteiger partial charge in [-0.15, -0.1) is 10.2 Å². The van der Waals surface area contributed by atoms with Crippen molar-refractivity contribution in [3.8, 4) is 34.0 Å². The number of piperidine rings is 1. The summed E-state index contributed by atoms with van der Waals surface area (Å²) in [7, 11) is 0.